The number of hydrogen-bond acceptors (Lipinski definition) is 1. The molecule has 0 amide bonds. The van der Waals surface area contributed by atoms with Crippen molar-refractivity contribution in [2.45, 2.75) is 24.3 Å². The predicted octanol–water partition coefficient (Wildman–Crippen LogP) is 2.47. The van der Waals surface area contributed by atoms with Crippen molar-refractivity contribution in [3.63, 3.8) is 0 Å². The summed E-state index contributed by atoms with van der Waals surface area (Å²) in [7, 11) is 0. The van der Waals surface area contributed by atoms with Crippen molar-refractivity contribution in [2.75, 3.05) is 0 Å². The Balaban J connectivity index is 2.18. The fraction of sp³-hybridized carbons (Fsp3) is 0.556. The third-order valence-electron chi connectivity index (χ3n) is 2.44. The molecule has 1 fully saturated rings. The molecule has 0 aromatic rings. The first-order valence-corrected chi connectivity index (χ1v) is 4.36. The normalized spacial score (nSPS) is 41.9. The van der Waals surface area contributed by atoms with Crippen LogP contribution in [-0.2, 0) is 4.74 Å². The van der Waals surface area contributed by atoms with Gasteiger partial charge in [-0.2, -0.15) is 0 Å². The maximum Gasteiger partial charge on any atom is 0.124 e. The van der Waals surface area contributed by atoms with Gasteiger partial charge >= 0.3 is 0 Å². The van der Waals surface area contributed by atoms with Crippen LogP contribution in [0, 0.1) is 5.92 Å². The van der Waals surface area contributed by atoms with E-state index in [1.54, 1.807) is 6.26 Å². The number of hydrogen-bond donors (Lipinski definition) is 0. The first kappa shape index (κ1) is 7.23. The Morgan fingerprint density at radius 1 is 1.64 bits per heavy atom. The Hall–Kier alpha value is -0.430. The second-order valence-electron chi connectivity index (χ2n) is 3.17. The van der Waals surface area contributed by atoms with E-state index in [2.05, 4.69) is 12.7 Å². The molecule has 0 aromatic carbocycles. The van der Waals surface area contributed by atoms with Gasteiger partial charge in [0.15, 0.2) is 0 Å². The number of halogens is 1. The smallest absolute Gasteiger partial charge is 0.124 e. The molecule has 3 atom stereocenters. The zero-order valence-corrected chi connectivity index (χ0v) is 7.05. The van der Waals surface area contributed by atoms with Gasteiger partial charge < -0.3 is 4.74 Å². The summed E-state index contributed by atoms with van der Waals surface area (Å²) in [6.07, 6.45) is 6.02. The van der Waals surface area contributed by atoms with Crippen LogP contribution in [0.25, 0.3) is 0 Å². The first-order chi connectivity index (χ1) is 5.29. The maximum atomic E-state index is 6.08. The van der Waals surface area contributed by atoms with Gasteiger partial charge in [0.1, 0.15) is 6.10 Å². The molecule has 1 saturated carbocycles. The number of ether oxygens (including phenoxy) is 1. The summed E-state index contributed by atoms with van der Waals surface area (Å²) in [6, 6.07) is 0. The molecule has 3 unspecified atom stereocenters. The molecule has 0 aromatic heterocycles. The Morgan fingerprint density at radius 3 is 3.18 bits per heavy atom. The van der Waals surface area contributed by atoms with Gasteiger partial charge in [0, 0.05) is 5.92 Å². The number of rotatable bonds is 0. The lowest BCUT2D eigenvalue weighted by molar-refractivity contribution is 0.126. The van der Waals surface area contributed by atoms with E-state index < -0.39 is 0 Å². The summed E-state index contributed by atoms with van der Waals surface area (Å²) in [5, 5.41) is 0.167. The van der Waals surface area contributed by atoms with Gasteiger partial charge in [-0.15, -0.1) is 11.6 Å². The molecule has 0 spiro atoms. The fourth-order valence-electron chi connectivity index (χ4n) is 1.75. The van der Waals surface area contributed by atoms with Crippen molar-refractivity contribution in [3.05, 3.63) is 24.5 Å². The molecule has 1 heterocycles. The van der Waals surface area contributed by atoms with Gasteiger partial charge in [-0.3, -0.25) is 0 Å². The van der Waals surface area contributed by atoms with Crippen LogP contribution < -0.4 is 0 Å². The largest absolute Gasteiger partial charge is 0.496 e. The van der Waals surface area contributed by atoms with Crippen LogP contribution in [0.1, 0.15) is 12.8 Å². The van der Waals surface area contributed by atoms with Crippen LogP contribution in [0.3, 0.4) is 0 Å². The van der Waals surface area contributed by atoms with Crippen molar-refractivity contribution in [1.82, 2.24) is 0 Å². The minimum absolute atomic E-state index is 0.165. The van der Waals surface area contributed by atoms with E-state index in [-0.39, 0.29) is 11.5 Å². The Kier molecular flexibility index (Phi) is 1.68. The highest BCUT2D eigenvalue weighted by Gasteiger charge is 2.36. The molecule has 1 aliphatic heterocycles. The van der Waals surface area contributed by atoms with Crippen molar-refractivity contribution in [2.24, 2.45) is 5.92 Å². The highest BCUT2D eigenvalue weighted by Crippen LogP contribution is 2.37. The average Bonchev–Trinajstić information content (AvgIpc) is 2.45. The van der Waals surface area contributed by atoms with Gasteiger partial charge in [-0.1, -0.05) is 12.2 Å². The number of fused-ring (bicyclic) bond motifs is 1. The van der Waals surface area contributed by atoms with E-state index >= 15 is 0 Å². The topological polar surface area (TPSA) is 9.23 Å². The fourth-order valence-corrected chi connectivity index (χ4v) is 2.07. The molecule has 2 rings (SSSR count). The summed E-state index contributed by atoms with van der Waals surface area (Å²) in [5.41, 5.74) is 1.26. The Bertz CT molecular complexity index is 210. The Morgan fingerprint density at radius 2 is 2.45 bits per heavy atom. The minimum Gasteiger partial charge on any atom is -0.496 e. The summed E-state index contributed by atoms with van der Waals surface area (Å²) in [4.78, 5) is 0. The van der Waals surface area contributed by atoms with Gasteiger partial charge in [0.25, 0.3) is 0 Å². The lowest BCUT2D eigenvalue weighted by Crippen LogP contribution is -2.32. The van der Waals surface area contributed by atoms with E-state index in [1.165, 1.54) is 5.57 Å². The Labute approximate surface area is 71.7 Å². The standard InChI is InChI=1S/C9H11ClO/c1-6-2-3-8(10)9-7(6)4-5-11-9/h4-5,7-9H,1-3H2. The molecule has 2 heteroatoms. The molecular formula is C9H11ClO. The second kappa shape index (κ2) is 2.56. The highest BCUT2D eigenvalue weighted by atomic mass is 35.5. The van der Waals surface area contributed by atoms with Gasteiger partial charge in [-0.25, -0.2) is 0 Å². The molecule has 0 bridgehead atoms. The van der Waals surface area contributed by atoms with E-state index in [1.807, 2.05) is 0 Å². The average molecular weight is 171 g/mol. The zero-order chi connectivity index (χ0) is 7.84. The van der Waals surface area contributed by atoms with E-state index in [0.717, 1.165) is 12.8 Å². The summed E-state index contributed by atoms with van der Waals surface area (Å²) in [6.45, 7) is 4.00. The van der Waals surface area contributed by atoms with Gasteiger partial charge in [0.2, 0.25) is 0 Å². The monoisotopic (exact) mass is 170 g/mol. The summed E-state index contributed by atoms with van der Waals surface area (Å²) >= 11 is 6.08. The first-order valence-electron chi connectivity index (χ1n) is 3.93. The quantitative estimate of drug-likeness (QED) is 0.401. The third kappa shape index (κ3) is 1.08. The maximum absolute atomic E-state index is 6.08. The third-order valence-corrected chi connectivity index (χ3v) is 2.91. The summed E-state index contributed by atoms with van der Waals surface area (Å²) < 4.78 is 5.37. The second-order valence-corrected chi connectivity index (χ2v) is 3.73. The van der Waals surface area contributed by atoms with Crippen LogP contribution in [-0.4, -0.2) is 11.5 Å². The van der Waals surface area contributed by atoms with Crippen LogP contribution in [0.4, 0.5) is 0 Å². The van der Waals surface area contributed by atoms with Crippen molar-refractivity contribution in [1.29, 1.82) is 0 Å². The van der Waals surface area contributed by atoms with E-state index in [4.69, 9.17) is 16.3 Å². The lowest BCUT2D eigenvalue weighted by atomic mass is 9.83. The van der Waals surface area contributed by atoms with Crippen molar-refractivity contribution >= 4 is 11.6 Å². The van der Waals surface area contributed by atoms with E-state index in [0.29, 0.717) is 5.92 Å². The lowest BCUT2D eigenvalue weighted by Gasteiger charge is -2.30. The minimum atomic E-state index is 0.165. The van der Waals surface area contributed by atoms with Crippen molar-refractivity contribution in [3.8, 4) is 0 Å². The van der Waals surface area contributed by atoms with Crippen LogP contribution in [0.2, 0.25) is 0 Å². The van der Waals surface area contributed by atoms with Crippen LogP contribution >= 0.6 is 11.6 Å². The van der Waals surface area contributed by atoms with Crippen molar-refractivity contribution < 1.29 is 4.74 Å². The summed E-state index contributed by atoms with van der Waals surface area (Å²) in [5.74, 6) is 0.381. The predicted molar refractivity (Wildman–Crippen MR) is 45.5 cm³/mol. The SMILES string of the molecule is C=C1CCC(Cl)C2OC=CC12. The van der Waals surface area contributed by atoms with Crippen LogP contribution in [0.5, 0.6) is 0 Å². The van der Waals surface area contributed by atoms with Gasteiger partial charge in [-0.05, 0) is 18.9 Å². The van der Waals surface area contributed by atoms with Gasteiger partial charge in [0.05, 0.1) is 11.6 Å². The molecule has 1 nitrogen and oxygen atoms in total. The van der Waals surface area contributed by atoms with Crippen LogP contribution in [0.15, 0.2) is 24.5 Å². The number of alkyl halides is 1. The molecular weight excluding hydrogens is 160 g/mol. The molecule has 0 N–H and O–H groups in total. The highest BCUT2D eigenvalue weighted by molar-refractivity contribution is 6.21. The zero-order valence-electron chi connectivity index (χ0n) is 6.29. The molecule has 60 valence electrons. The molecule has 0 radical (unpaired) electrons. The van der Waals surface area contributed by atoms with E-state index in [9.17, 15) is 0 Å². The molecule has 0 saturated heterocycles. The molecule has 2 aliphatic rings. The molecule has 1 aliphatic carbocycles. The molecule has 11 heavy (non-hydrogen) atoms.